The van der Waals surface area contributed by atoms with E-state index in [4.69, 9.17) is 4.99 Å². The van der Waals surface area contributed by atoms with Crippen molar-refractivity contribution in [1.29, 1.82) is 0 Å². The zero-order valence-electron chi connectivity index (χ0n) is 12.4. The summed E-state index contributed by atoms with van der Waals surface area (Å²) < 4.78 is 0. The maximum absolute atomic E-state index is 4.77. The Morgan fingerprint density at radius 2 is 2.37 bits per heavy atom. The molecular weight excluding hydrogens is 256 g/mol. The molecule has 5 heteroatoms. The van der Waals surface area contributed by atoms with E-state index in [2.05, 4.69) is 36.0 Å². The van der Waals surface area contributed by atoms with Crippen LogP contribution in [0.15, 0.2) is 10.5 Å². The predicted octanol–water partition coefficient (Wildman–Crippen LogP) is 2.65. The normalized spacial score (nSPS) is 18.9. The van der Waals surface area contributed by atoms with E-state index in [9.17, 15) is 0 Å². The summed E-state index contributed by atoms with van der Waals surface area (Å²) >= 11 is 1.69. The Bertz CT molecular complexity index is 450. The van der Waals surface area contributed by atoms with Gasteiger partial charge in [0.25, 0.3) is 0 Å². The van der Waals surface area contributed by atoms with Gasteiger partial charge in [-0.15, -0.1) is 11.3 Å². The Morgan fingerprint density at radius 3 is 2.89 bits per heavy atom. The molecule has 1 fully saturated rings. The third-order valence-electron chi connectivity index (χ3n) is 3.53. The molecular formula is C14H24N4S. The molecule has 1 aliphatic rings. The zero-order chi connectivity index (χ0) is 13.9. The quantitative estimate of drug-likeness (QED) is 0.683. The topological polar surface area (TPSA) is 40.5 Å². The minimum Gasteiger partial charge on any atom is -0.357 e. The number of aliphatic imine (C=N–C) groups is 1. The Labute approximate surface area is 120 Å². The smallest absolute Gasteiger partial charge is 0.194 e. The molecule has 4 nitrogen and oxygen atoms in total. The molecule has 0 bridgehead atoms. The zero-order valence-corrected chi connectivity index (χ0v) is 13.2. The lowest BCUT2D eigenvalue weighted by molar-refractivity contribution is 0.370. The Morgan fingerprint density at radius 1 is 1.58 bits per heavy atom. The van der Waals surface area contributed by atoms with Crippen molar-refractivity contribution in [2.45, 2.75) is 40.7 Å². The van der Waals surface area contributed by atoms with Crippen molar-refractivity contribution >= 4 is 17.3 Å². The summed E-state index contributed by atoms with van der Waals surface area (Å²) in [5, 5.41) is 3.40. The van der Waals surface area contributed by atoms with Crippen LogP contribution in [0.1, 0.15) is 37.8 Å². The van der Waals surface area contributed by atoms with Crippen molar-refractivity contribution in [2.24, 2.45) is 10.4 Å². The van der Waals surface area contributed by atoms with E-state index >= 15 is 0 Å². The molecule has 0 aromatic carbocycles. The monoisotopic (exact) mass is 280 g/mol. The lowest BCUT2D eigenvalue weighted by atomic mass is 9.93. The summed E-state index contributed by atoms with van der Waals surface area (Å²) in [6, 6.07) is 0. The number of aryl methyl sites for hydroxylation is 1. The number of nitrogens with zero attached hydrogens (tertiary/aromatic N) is 3. The molecule has 1 aromatic heterocycles. The second kappa shape index (κ2) is 5.90. The molecule has 0 spiro atoms. The number of thiazole rings is 1. The van der Waals surface area contributed by atoms with Crippen LogP contribution < -0.4 is 5.32 Å². The molecule has 0 saturated carbocycles. The maximum atomic E-state index is 4.77. The molecule has 106 valence electrons. The van der Waals surface area contributed by atoms with Gasteiger partial charge in [0.05, 0.1) is 17.7 Å². The molecule has 0 atom stereocenters. The minimum atomic E-state index is 0.399. The van der Waals surface area contributed by atoms with E-state index in [1.165, 1.54) is 11.3 Å². The summed E-state index contributed by atoms with van der Waals surface area (Å²) in [5.41, 5.74) is 3.40. The fourth-order valence-corrected chi connectivity index (χ4v) is 3.04. The lowest BCUT2D eigenvalue weighted by Crippen LogP contribution is -2.40. The highest BCUT2D eigenvalue weighted by Crippen LogP contribution is 2.28. The first-order valence-electron chi connectivity index (χ1n) is 6.94. The van der Waals surface area contributed by atoms with Gasteiger partial charge in [0.2, 0.25) is 0 Å². The highest BCUT2D eigenvalue weighted by molar-refractivity contribution is 7.09. The third-order valence-corrected chi connectivity index (χ3v) is 4.45. The number of hydrogen-bond donors (Lipinski definition) is 1. The number of hydrogen-bond acceptors (Lipinski definition) is 3. The van der Waals surface area contributed by atoms with Crippen LogP contribution in [-0.4, -0.2) is 35.5 Å². The molecule has 0 aliphatic carbocycles. The largest absolute Gasteiger partial charge is 0.357 e. The van der Waals surface area contributed by atoms with E-state index in [1.807, 2.05) is 12.4 Å². The summed E-state index contributed by atoms with van der Waals surface area (Å²) in [7, 11) is 0. The first-order valence-corrected chi connectivity index (χ1v) is 7.82. The first-order chi connectivity index (χ1) is 9.02. The van der Waals surface area contributed by atoms with E-state index in [-0.39, 0.29) is 0 Å². The van der Waals surface area contributed by atoms with Crippen molar-refractivity contribution in [3.63, 3.8) is 0 Å². The van der Waals surface area contributed by atoms with E-state index in [0.29, 0.717) is 5.41 Å². The third kappa shape index (κ3) is 3.69. The summed E-state index contributed by atoms with van der Waals surface area (Å²) in [6.07, 6.45) is 1.23. The standard InChI is InChI=1S/C14H24N4S/c1-5-15-13(18-7-6-14(3,4)9-18)16-8-12-11(2)17-10-19-12/h10H,5-9H2,1-4H3,(H,15,16). The van der Waals surface area contributed by atoms with Gasteiger partial charge in [0, 0.05) is 24.5 Å². The van der Waals surface area contributed by atoms with Crippen LogP contribution in [-0.2, 0) is 6.54 Å². The van der Waals surface area contributed by atoms with Gasteiger partial charge in [-0.3, -0.25) is 0 Å². The van der Waals surface area contributed by atoms with Crippen LogP contribution in [0.3, 0.4) is 0 Å². The van der Waals surface area contributed by atoms with Crippen LogP contribution in [0, 0.1) is 12.3 Å². The van der Waals surface area contributed by atoms with Gasteiger partial charge in [-0.1, -0.05) is 13.8 Å². The SMILES string of the molecule is CCNC(=NCc1scnc1C)N1CCC(C)(C)C1. The lowest BCUT2D eigenvalue weighted by Gasteiger charge is -2.23. The molecule has 1 aliphatic heterocycles. The maximum Gasteiger partial charge on any atom is 0.194 e. The van der Waals surface area contributed by atoms with Crippen LogP contribution >= 0.6 is 11.3 Å². The van der Waals surface area contributed by atoms with Crippen LogP contribution in [0.2, 0.25) is 0 Å². The highest BCUT2D eigenvalue weighted by Gasteiger charge is 2.30. The van der Waals surface area contributed by atoms with Crippen LogP contribution in [0.4, 0.5) is 0 Å². The average Bonchev–Trinajstić information content (AvgIpc) is 2.91. The number of nitrogens with one attached hydrogen (secondary N) is 1. The van der Waals surface area contributed by atoms with Gasteiger partial charge in [-0.05, 0) is 25.7 Å². The number of guanidine groups is 1. The van der Waals surface area contributed by atoms with Crippen LogP contribution in [0.25, 0.3) is 0 Å². The van der Waals surface area contributed by atoms with Crippen molar-refractivity contribution in [3.05, 3.63) is 16.1 Å². The fraction of sp³-hybridized carbons (Fsp3) is 0.714. The van der Waals surface area contributed by atoms with Gasteiger partial charge in [-0.25, -0.2) is 9.98 Å². The van der Waals surface area contributed by atoms with E-state index in [0.717, 1.165) is 37.8 Å². The van der Waals surface area contributed by atoms with E-state index < -0.39 is 0 Å². The molecule has 1 saturated heterocycles. The van der Waals surface area contributed by atoms with Gasteiger partial charge in [0.1, 0.15) is 0 Å². The van der Waals surface area contributed by atoms with Gasteiger partial charge in [-0.2, -0.15) is 0 Å². The second-order valence-corrected chi connectivity index (χ2v) is 6.81. The second-order valence-electron chi connectivity index (χ2n) is 5.87. The van der Waals surface area contributed by atoms with Gasteiger partial charge >= 0.3 is 0 Å². The molecule has 0 radical (unpaired) electrons. The molecule has 0 unspecified atom stereocenters. The number of aromatic nitrogens is 1. The Balaban J connectivity index is 2.05. The molecule has 2 heterocycles. The van der Waals surface area contributed by atoms with Gasteiger partial charge in [0.15, 0.2) is 5.96 Å². The van der Waals surface area contributed by atoms with Gasteiger partial charge < -0.3 is 10.2 Å². The number of likely N-dealkylation sites (tertiary alicyclic amines) is 1. The molecule has 1 aromatic rings. The number of rotatable bonds is 3. The molecule has 19 heavy (non-hydrogen) atoms. The first kappa shape index (κ1) is 14.3. The van der Waals surface area contributed by atoms with Crippen molar-refractivity contribution in [1.82, 2.24) is 15.2 Å². The summed E-state index contributed by atoms with van der Waals surface area (Å²) in [4.78, 5) is 12.7. The molecule has 1 N–H and O–H groups in total. The Hall–Kier alpha value is -1.10. The molecule has 0 amide bonds. The fourth-order valence-electron chi connectivity index (χ4n) is 2.34. The van der Waals surface area contributed by atoms with Crippen molar-refractivity contribution < 1.29 is 0 Å². The average molecular weight is 280 g/mol. The minimum absolute atomic E-state index is 0.399. The Kier molecular flexibility index (Phi) is 4.45. The van der Waals surface area contributed by atoms with Crippen molar-refractivity contribution in [2.75, 3.05) is 19.6 Å². The van der Waals surface area contributed by atoms with Crippen molar-refractivity contribution in [3.8, 4) is 0 Å². The highest BCUT2D eigenvalue weighted by atomic mass is 32.1. The summed E-state index contributed by atoms with van der Waals surface area (Å²) in [5.74, 6) is 1.04. The molecule has 2 rings (SSSR count). The van der Waals surface area contributed by atoms with E-state index in [1.54, 1.807) is 11.3 Å². The van der Waals surface area contributed by atoms with Crippen LogP contribution in [0.5, 0.6) is 0 Å². The summed E-state index contributed by atoms with van der Waals surface area (Å²) in [6.45, 7) is 12.6. The predicted molar refractivity (Wildman–Crippen MR) is 81.6 cm³/mol.